The number of nitrogens with one attached hydrogen (secondary N) is 2. The van der Waals surface area contributed by atoms with Crippen LogP contribution in [0.2, 0.25) is 0 Å². The molecule has 0 spiro atoms. The second-order valence-electron chi connectivity index (χ2n) is 5.82. The molecule has 0 bridgehead atoms. The molecule has 24 heavy (non-hydrogen) atoms. The van der Waals surface area contributed by atoms with Crippen LogP contribution in [0.4, 0.5) is 4.39 Å². The summed E-state index contributed by atoms with van der Waals surface area (Å²) in [4.78, 5) is 25.3. The number of hydrogen-bond donors (Lipinski definition) is 2. The van der Waals surface area contributed by atoms with E-state index < -0.39 is 11.6 Å². The molecule has 0 radical (unpaired) electrons. The van der Waals surface area contributed by atoms with Gasteiger partial charge in [-0.3, -0.25) is 10.2 Å². The number of aromatic nitrogens is 2. The van der Waals surface area contributed by atoms with Crippen LogP contribution in [0.25, 0.3) is 11.5 Å². The fraction of sp³-hybridized carbons (Fsp3) is 0.400. The van der Waals surface area contributed by atoms with Crippen molar-refractivity contribution < 1.29 is 18.5 Å². The quantitative estimate of drug-likeness (QED) is 0.710. The third-order valence-electron chi connectivity index (χ3n) is 3.89. The van der Waals surface area contributed by atoms with Gasteiger partial charge in [-0.25, -0.2) is 14.2 Å². The van der Waals surface area contributed by atoms with Crippen molar-refractivity contribution in [3.05, 3.63) is 40.6 Å². The summed E-state index contributed by atoms with van der Waals surface area (Å²) in [5, 5.41) is 5.82. The van der Waals surface area contributed by atoms with Gasteiger partial charge in [0.1, 0.15) is 12.4 Å². The Hall–Kier alpha value is -2.52. The summed E-state index contributed by atoms with van der Waals surface area (Å²) in [6, 6.07) is 5.40. The molecule has 1 fully saturated rings. The third kappa shape index (κ3) is 3.87. The van der Waals surface area contributed by atoms with E-state index >= 15 is 0 Å². The Balaban J connectivity index is 1.64. The van der Waals surface area contributed by atoms with Crippen LogP contribution in [0.3, 0.4) is 0 Å². The molecule has 8 nitrogen and oxygen atoms in total. The van der Waals surface area contributed by atoms with Gasteiger partial charge in [-0.05, 0) is 24.3 Å². The predicted octanol–water partition coefficient (Wildman–Crippen LogP) is -1.50. The highest BCUT2D eigenvalue weighted by molar-refractivity contribution is 5.75. The van der Waals surface area contributed by atoms with Gasteiger partial charge in [0.05, 0.1) is 33.2 Å². The number of nitrogens with zero attached hydrogens (tertiary/aromatic N) is 3. The van der Waals surface area contributed by atoms with E-state index in [4.69, 9.17) is 4.42 Å². The first-order valence-electron chi connectivity index (χ1n) is 7.71. The maximum atomic E-state index is 12.9. The SMILES string of the molecule is C[NH+]1CCN(NC(=O)Cn2nc(-c3ccc(F)cc3)oc2=O)CC1. The number of halogens is 1. The van der Waals surface area contributed by atoms with Gasteiger partial charge < -0.3 is 9.32 Å². The molecule has 1 amide bonds. The molecule has 0 saturated carbocycles. The van der Waals surface area contributed by atoms with E-state index in [-0.39, 0.29) is 18.3 Å². The largest absolute Gasteiger partial charge is 0.437 e. The van der Waals surface area contributed by atoms with Crippen molar-refractivity contribution in [1.29, 1.82) is 0 Å². The number of carbonyl (C=O) groups is 1. The second kappa shape index (κ2) is 6.93. The molecule has 3 rings (SSSR count). The number of piperazine rings is 1. The third-order valence-corrected chi connectivity index (χ3v) is 3.89. The van der Waals surface area contributed by atoms with Crippen LogP contribution in [0, 0.1) is 5.82 Å². The summed E-state index contributed by atoms with van der Waals surface area (Å²) in [7, 11) is 2.10. The van der Waals surface area contributed by atoms with E-state index in [2.05, 4.69) is 17.6 Å². The van der Waals surface area contributed by atoms with E-state index in [0.717, 1.165) is 30.9 Å². The first kappa shape index (κ1) is 16.3. The van der Waals surface area contributed by atoms with Gasteiger partial charge in [-0.1, -0.05) is 0 Å². The Morgan fingerprint density at radius 1 is 1.33 bits per heavy atom. The molecule has 0 aliphatic carbocycles. The Bertz CT molecular complexity index is 762. The number of hydrazine groups is 1. The number of rotatable bonds is 4. The van der Waals surface area contributed by atoms with Crippen LogP contribution in [0.1, 0.15) is 0 Å². The first-order chi connectivity index (χ1) is 11.5. The minimum Gasteiger partial charge on any atom is -0.388 e. The van der Waals surface area contributed by atoms with Gasteiger partial charge in [-0.15, -0.1) is 5.10 Å². The standard InChI is InChI=1S/C15H18FN5O3/c1-19-6-8-20(9-7-19)17-13(22)10-21-15(23)24-14(18-21)11-2-4-12(16)5-3-11/h2-5H,6-10H2,1H3,(H,17,22)/p+1. The molecule has 2 heterocycles. The van der Waals surface area contributed by atoms with Gasteiger partial charge in [0.2, 0.25) is 5.89 Å². The zero-order valence-electron chi connectivity index (χ0n) is 13.3. The molecule has 128 valence electrons. The topological polar surface area (TPSA) is 84.8 Å². The maximum absolute atomic E-state index is 12.9. The molecule has 1 saturated heterocycles. The first-order valence-corrected chi connectivity index (χ1v) is 7.71. The van der Waals surface area contributed by atoms with E-state index in [9.17, 15) is 14.0 Å². The molecular formula is C15H19FN5O3+. The maximum Gasteiger partial charge on any atom is 0.437 e. The number of benzene rings is 1. The summed E-state index contributed by atoms with van der Waals surface area (Å²) in [6.45, 7) is 3.17. The molecular weight excluding hydrogens is 317 g/mol. The minimum atomic E-state index is -0.729. The predicted molar refractivity (Wildman–Crippen MR) is 82.5 cm³/mol. The number of quaternary nitrogens is 1. The Kier molecular flexibility index (Phi) is 4.72. The molecule has 2 N–H and O–H groups in total. The minimum absolute atomic E-state index is 0.0518. The average Bonchev–Trinajstić information content (AvgIpc) is 2.91. The van der Waals surface area contributed by atoms with E-state index in [1.54, 1.807) is 0 Å². The van der Waals surface area contributed by atoms with Gasteiger partial charge >= 0.3 is 5.76 Å². The number of hydrogen-bond acceptors (Lipinski definition) is 5. The highest BCUT2D eigenvalue weighted by atomic mass is 19.1. The van der Waals surface area contributed by atoms with Crippen LogP contribution >= 0.6 is 0 Å². The summed E-state index contributed by atoms with van der Waals surface area (Å²) in [5.41, 5.74) is 3.23. The van der Waals surface area contributed by atoms with Crippen molar-refractivity contribution in [2.24, 2.45) is 0 Å². The molecule has 9 heteroatoms. The van der Waals surface area contributed by atoms with Crippen LogP contribution in [0.5, 0.6) is 0 Å². The van der Waals surface area contributed by atoms with E-state index in [1.807, 2.05) is 5.01 Å². The van der Waals surface area contributed by atoms with E-state index in [1.165, 1.54) is 29.2 Å². The lowest BCUT2D eigenvalue weighted by atomic mass is 10.2. The van der Waals surface area contributed by atoms with Gasteiger partial charge in [0.15, 0.2) is 0 Å². The van der Waals surface area contributed by atoms with Crippen molar-refractivity contribution in [2.45, 2.75) is 6.54 Å². The molecule has 0 unspecified atom stereocenters. The summed E-state index contributed by atoms with van der Waals surface area (Å²) in [5.74, 6) is -1.41. The van der Waals surface area contributed by atoms with Crippen molar-refractivity contribution in [1.82, 2.24) is 20.2 Å². The van der Waals surface area contributed by atoms with Crippen molar-refractivity contribution in [3.8, 4) is 11.5 Å². The summed E-state index contributed by atoms with van der Waals surface area (Å²) < 4.78 is 18.9. The van der Waals surface area contributed by atoms with Crippen LogP contribution in [-0.2, 0) is 11.3 Å². The highest BCUT2D eigenvalue weighted by Gasteiger charge is 2.19. The van der Waals surface area contributed by atoms with E-state index in [0.29, 0.717) is 5.56 Å². The summed E-state index contributed by atoms with van der Waals surface area (Å²) >= 11 is 0. The molecule has 1 aliphatic heterocycles. The molecule has 1 aliphatic rings. The average molecular weight is 336 g/mol. The lowest BCUT2D eigenvalue weighted by molar-refractivity contribution is -0.884. The lowest BCUT2D eigenvalue weighted by Gasteiger charge is -2.29. The summed E-state index contributed by atoms with van der Waals surface area (Å²) in [6.07, 6.45) is 0. The molecule has 1 aromatic heterocycles. The van der Waals surface area contributed by atoms with Crippen molar-refractivity contribution in [3.63, 3.8) is 0 Å². The van der Waals surface area contributed by atoms with Crippen LogP contribution < -0.4 is 16.1 Å². The second-order valence-corrected chi connectivity index (χ2v) is 5.82. The Morgan fingerprint density at radius 3 is 2.67 bits per heavy atom. The van der Waals surface area contributed by atoms with Crippen LogP contribution in [-0.4, -0.2) is 53.9 Å². The van der Waals surface area contributed by atoms with Gasteiger partial charge in [0, 0.05) is 5.56 Å². The molecule has 0 atom stereocenters. The van der Waals surface area contributed by atoms with Gasteiger partial charge in [0.25, 0.3) is 5.91 Å². The Labute approximate surface area is 137 Å². The fourth-order valence-electron chi connectivity index (χ4n) is 2.46. The molecule has 1 aromatic carbocycles. The number of likely N-dealkylation sites (N-methyl/N-ethyl adjacent to an activating group) is 1. The van der Waals surface area contributed by atoms with Crippen molar-refractivity contribution >= 4 is 5.91 Å². The Morgan fingerprint density at radius 2 is 2.00 bits per heavy atom. The van der Waals surface area contributed by atoms with Gasteiger partial charge in [-0.2, -0.15) is 4.68 Å². The normalized spacial score (nSPS) is 16.2. The smallest absolute Gasteiger partial charge is 0.388 e. The monoisotopic (exact) mass is 336 g/mol. The van der Waals surface area contributed by atoms with Crippen LogP contribution in [0.15, 0.2) is 33.5 Å². The number of carbonyl (C=O) groups excluding carboxylic acids is 1. The number of amides is 1. The highest BCUT2D eigenvalue weighted by Crippen LogP contribution is 2.15. The van der Waals surface area contributed by atoms with Crippen molar-refractivity contribution in [2.75, 3.05) is 33.2 Å². The zero-order chi connectivity index (χ0) is 17.1. The fourth-order valence-corrected chi connectivity index (χ4v) is 2.46. The molecule has 2 aromatic rings. The lowest BCUT2D eigenvalue weighted by Crippen LogP contribution is -3.12. The zero-order valence-corrected chi connectivity index (χ0v) is 13.3.